The van der Waals surface area contributed by atoms with Crippen molar-refractivity contribution in [2.24, 2.45) is 0 Å². The van der Waals surface area contributed by atoms with Gasteiger partial charge in [-0.3, -0.25) is 4.79 Å². The summed E-state index contributed by atoms with van der Waals surface area (Å²) in [5.41, 5.74) is 6.77. The number of hydrogen-bond donors (Lipinski definition) is 0. The third-order valence-electron chi connectivity index (χ3n) is 4.50. The average Bonchev–Trinajstić information content (AvgIpc) is 3.18. The standard InChI is InChI=1S/C20H22N2O2S/c1-13-7-5-6-8-16(13)20-21-18(12-25-20)17-11-14(2)22(15(17)3)10-9-19(23)24-4/h5-8,11-12H,9-10H2,1-4H3. The number of esters is 1. The Labute approximate surface area is 152 Å². The molecule has 2 heterocycles. The molecular weight excluding hydrogens is 332 g/mol. The molecule has 5 heteroatoms. The fraction of sp³-hybridized carbons (Fsp3) is 0.300. The van der Waals surface area contributed by atoms with Gasteiger partial charge in [0.2, 0.25) is 0 Å². The zero-order valence-electron chi connectivity index (χ0n) is 15.0. The third kappa shape index (κ3) is 3.51. The molecule has 4 nitrogen and oxygen atoms in total. The lowest BCUT2D eigenvalue weighted by Crippen LogP contribution is -2.09. The van der Waals surface area contributed by atoms with Gasteiger partial charge in [-0.15, -0.1) is 11.3 Å². The van der Waals surface area contributed by atoms with Crippen LogP contribution in [0, 0.1) is 20.8 Å². The minimum Gasteiger partial charge on any atom is -0.469 e. The molecule has 0 saturated carbocycles. The zero-order chi connectivity index (χ0) is 18.0. The summed E-state index contributed by atoms with van der Waals surface area (Å²) in [5, 5.41) is 3.14. The molecule has 0 unspecified atom stereocenters. The van der Waals surface area contributed by atoms with Crippen molar-refractivity contribution in [1.29, 1.82) is 0 Å². The van der Waals surface area contributed by atoms with Crippen molar-refractivity contribution in [2.45, 2.75) is 33.7 Å². The molecule has 130 valence electrons. The van der Waals surface area contributed by atoms with E-state index in [0.29, 0.717) is 13.0 Å². The quantitative estimate of drug-likeness (QED) is 0.620. The molecule has 0 radical (unpaired) electrons. The summed E-state index contributed by atoms with van der Waals surface area (Å²) < 4.78 is 6.90. The van der Waals surface area contributed by atoms with Gasteiger partial charge in [0.1, 0.15) is 5.01 Å². The van der Waals surface area contributed by atoms with Crippen LogP contribution in [0.2, 0.25) is 0 Å². The van der Waals surface area contributed by atoms with E-state index in [2.05, 4.69) is 48.9 Å². The van der Waals surface area contributed by atoms with Gasteiger partial charge in [-0.2, -0.15) is 0 Å². The maximum atomic E-state index is 11.4. The predicted molar refractivity (Wildman–Crippen MR) is 102 cm³/mol. The third-order valence-corrected chi connectivity index (χ3v) is 5.37. The number of thiazole rings is 1. The second-order valence-electron chi connectivity index (χ2n) is 6.12. The number of aryl methyl sites for hydroxylation is 2. The number of aromatic nitrogens is 2. The predicted octanol–water partition coefficient (Wildman–Crippen LogP) is 4.77. The molecule has 0 bridgehead atoms. The van der Waals surface area contributed by atoms with Crippen molar-refractivity contribution in [3.63, 3.8) is 0 Å². The number of nitrogens with zero attached hydrogens (tertiary/aromatic N) is 2. The lowest BCUT2D eigenvalue weighted by molar-refractivity contribution is -0.140. The molecule has 0 aliphatic carbocycles. The van der Waals surface area contributed by atoms with E-state index in [1.165, 1.54) is 18.2 Å². The molecule has 0 amide bonds. The Bertz CT molecular complexity index is 908. The monoisotopic (exact) mass is 354 g/mol. The Morgan fingerprint density at radius 3 is 2.68 bits per heavy atom. The van der Waals surface area contributed by atoms with Crippen LogP contribution in [0.25, 0.3) is 21.8 Å². The summed E-state index contributed by atoms with van der Waals surface area (Å²) in [6, 6.07) is 10.4. The smallest absolute Gasteiger partial charge is 0.307 e. The van der Waals surface area contributed by atoms with Crippen LogP contribution in [0.3, 0.4) is 0 Å². The van der Waals surface area contributed by atoms with E-state index in [9.17, 15) is 4.79 Å². The first-order valence-electron chi connectivity index (χ1n) is 8.26. The first kappa shape index (κ1) is 17.4. The normalized spacial score (nSPS) is 10.9. The van der Waals surface area contributed by atoms with Crippen LogP contribution in [0.4, 0.5) is 0 Å². The van der Waals surface area contributed by atoms with Crippen LogP contribution in [-0.2, 0) is 16.1 Å². The molecular formula is C20H22N2O2S. The number of benzene rings is 1. The van der Waals surface area contributed by atoms with Crippen LogP contribution in [0.5, 0.6) is 0 Å². The molecule has 25 heavy (non-hydrogen) atoms. The van der Waals surface area contributed by atoms with Gasteiger partial charge in [0.25, 0.3) is 0 Å². The number of carbonyl (C=O) groups excluding carboxylic acids is 1. The molecule has 0 N–H and O–H groups in total. The van der Waals surface area contributed by atoms with E-state index in [0.717, 1.165) is 27.7 Å². The van der Waals surface area contributed by atoms with E-state index >= 15 is 0 Å². The van der Waals surface area contributed by atoms with E-state index in [4.69, 9.17) is 9.72 Å². The second-order valence-corrected chi connectivity index (χ2v) is 6.97. The fourth-order valence-electron chi connectivity index (χ4n) is 3.04. The minimum absolute atomic E-state index is 0.190. The Morgan fingerprint density at radius 2 is 1.96 bits per heavy atom. The molecule has 3 rings (SSSR count). The number of hydrogen-bond acceptors (Lipinski definition) is 4. The second kappa shape index (κ2) is 7.23. The van der Waals surface area contributed by atoms with Crippen molar-refractivity contribution >= 4 is 17.3 Å². The minimum atomic E-state index is -0.190. The van der Waals surface area contributed by atoms with E-state index in [-0.39, 0.29) is 5.97 Å². The Morgan fingerprint density at radius 1 is 1.20 bits per heavy atom. The Kier molecular flexibility index (Phi) is 5.04. The van der Waals surface area contributed by atoms with Crippen molar-refractivity contribution in [3.8, 4) is 21.8 Å². The first-order valence-corrected chi connectivity index (χ1v) is 9.14. The van der Waals surface area contributed by atoms with Crippen molar-refractivity contribution in [3.05, 3.63) is 52.7 Å². The maximum Gasteiger partial charge on any atom is 0.307 e. The van der Waals surface area contributed by atoms with Gasteiger partial charge >= 0.3 is 5.97 Å². The summed E-state index contributed by atoms with van der Waals surface area (Å²) >= 11 is 1.66. The van der Waals surface area contributed by atoms with E-state index < -0.39 is 0 Å². The van der Waals surface area contributed by atoms with Gasteiger partial charge in [0.05, 0.1) is 19.2 Å². The summed E-state index contributed by atoms with van der Waals surface area (Å²) in [6.07, 6.45) is 0.373. The SMILES string of the molecule is COC(=O)CCn1c(C)cc(-c2csc(-c3ccccc3C)n2)c1C. The van der Waals surface area contributed by atoms with Crippen molar-refractivity contribution in [2.75, 3.05) is 7.11 Å². The van der Waals surface area contributed by atoms with Gasteiger partial charge in [-0.1, -0.05) is 24.3 Å². The van der Waals surface area contributed by atoms with Gasteiger partial charge < -0.3 is 9.30 Å². The molecule has 0 spiro atoms. The van der Waals surface area contributed by atoms with Gasteiger partial charge in [-0.05, 0) is 32.4 Å². The summed E-state index contributed by atoms with van der Waals surface area (Å²) in [4.78, 5) is 16.3. The van der Waals surface area contributed by atoms with Crippen molar-refractivity contribution < 1.29 is 9.53 Å². The topological polar surface area (TPSA) is 44.1 Å². The molecule has 0 saturated heterocycles. The number of carbonyl (C=O) groups is 1. The van der Waals surface area contributed by atoms with E-state index in [1.807, 2.05) is 12.1 Å². The molecule has 0 aliphatic heterocycles. The maximum absolute atomic E-state index is 11.4. The highest BCUT2D eigenvalue weighted by molar-refractivity contribution is 7.13. The Balaban J connectivity index is 1.91. The van der Waals surface area contributed by atoms with Crippen LogP contribution in [-0.4, -0.2) is 22.6 Å². The van der Waals surface area contributed by atoms with Crippen molar-refractivity contribution in [1.82, 2.24) is 9.55 Å². The Hall–Kier alpha value is -2.40. The highest BCUT2D eigenvalue weighted by Gasteiger charge is 2.15. The van der Waals surface area contributed by atoms with Crippen LogP contribution < -0.4 is 0 Å². The largest absolute Gasteiger partial charge is 0.469 e. The summed E-state index contributed by atoms with van der Waals surface area (Å²) in [7, 11) is 1.42. The molecule has 1 aromatic carbocycles. The lowest BCUT2D eigenvalue weighted by atomic mass is 10.1. The number of methoxy groups -OCH3 is 1. The highest BCUT2D eigenvalue weighted by Crippen LogP contribution is 2.33. The lowest BCUT2D eigenvalue weighted by Gasteiger charge is -2.08. The zero-order valence-corrected chi connectivity index (χ0v) is 15.8. The fourth-order valence-corrected chi connectivity index (χ4v) is 3.95. The van der Waals surface area contributed by atoms with E-state index in [1.54, 1.807) is 11.3 Å². The first-order chi connectivity index (χ1) is 12.0. The van der Waals surface area contributed by atoms with Gasteiger partial charge in [-0.25, -0.2) is 4.98 Å². The van der Waals surface area contributed by atoms with Crippen LogP contribution in [0.15, 0.2) is 35.7 Å². The summed E-state index contributed by atoms with van der Waals surface area (Å²) in [5.74, 6) is -0.190. The number of rotatable bonds is 5. The number of ether oxygens (including phenoxy) is 1. The molecule has 0 aliphatic rings. The molecule has 2 aromatic heterocycles. The summed E-state index contributed by atoms with van der Waals surface area (Å²) in [6.45, 7) is 6.86. The molecule has 0 fully saturated rings. The van der Waals surface area contributed by atoms with Gasteiger partial charge in [0.15, 0.2) is 0 Å². The molecule has 0 atom stereocenters. The molecule has 3 aromatic rings. The van der Waals surface area contributed by atoms with Crippen LogP contribution >= 0.6 is 11.3 Å². The highest BCUT2D eigenvalue weighted by atomic mass is 32.1. The average molecular weight is 354 g/mol. The van der Waals surface area contributed by atoms with Gasteiger partial charge in [0, 0.05) is 34.4 Å². The van der Waals surface area contributed by atoms with Crippen LogP contribution in [0.1, 0.15) is 23.4 Å².